The van der Waals surface area contributed by atoms with Gasteiger partial charge in [-0.3, -0.25) is 0 Å². The predicted molar refractivity (Wildman–Crippen MR) is 103 cm³/mol. The normalized spacial score (nSPS) is 16.9. The molecule has 3 heterocycles. The second-order valence-corrected chi connectivity index (χ2v) is 7.25. The van der Waals surface area contributed by atoms with E-state index in [9.17, 15) is 4.79 Å². The zero-order chi connectivity index (χ0) is 19.3. The maximum absolute atomic E-state index is 12.5. The van der Waals surface area contributed by atoms with Gasteiger partial charge in [-0.2, -0.15) is 4.98 Å². The average molecular weight is 380 g/mol. The van der Waals surface area contributed by atoms with Crippen LogP contribution in [0.5, 0.6) is 0 Å². The first kappa shape index (κ1) is 18.2. The second kappa shape index (κ2) is 8.24. The maximum atomic E-state index is 12.5. The zero-order valence-electron chi connectivity index (χ0n) is 15.9. The molecule has 1 aliphatic heterocycles. The molecular weight excluding hydrogens is 356 g/mol. The number of carbonyl (C=O) groups excluding carboxylic acids is 1. The third-order valence-electron chi connectivity index (χ3n) is 5.00. The van der Waals surface area contributed by atoms with Crippen molar-refractivity contribution in [1.82, 2.24) is 29.9 Å². The van der Waals surface area contributed by atoms with Gasteiger partial charge in [0.1, 0.15) is 0 Å². The topological polar surface area (TPSA) is 89.1 Å². The van der Waals surface area contributed by atoms with Crippen LogP contribution in [0.4, 0.5) is 4.79 Å². The largest absolute Gasteiger partial charge is 0.337 e. The number of nitrogens with one attached hydrogen (secondary N) is 1. The van der Waals surface area contributed by atoms with Crippen molar-refractivity contribution >= 4 is 6.03 Å². The Morgan fingerprint density at radius 1 is 1.32 bits per heavy atom. The number of nitrogens with zero attached hydrogens (tertiary/aromatic N) is 5. The summed E-state index contributed by atoms with van der Waals surface area (Å²) in [4.78, 5) is 22.9. The fourth-order valence-corrected chi connectivity index (χ4v) is 3.50. The molecule has 1 aromatic carbocycles. The van der Waals surface area contributed by atoms with Crippen LogP contribution in [0.25, 0.3) is 11.4 Å². The van der Waals surface area contributed by atoms with Gasteiger partial charge in [0.2, 0.25) is 11.7 Å². The molecule has 0 aliphatic carbocycles. The molecule has 1 saturated heterocycles. The molecule has 1 aliphatic rings. The number of piperidine rings is 1. The molecule has 0 radical (unpaired) electrons. The van der Waals surface area contributed by atoms with E-state index < -0.39 is 0 Å². The van der Waals surface area contributed by atoms with Gasteiger partial charge < -0.3 is 19.3 Å². The molecule has 2 amide bonds. The lowest BCUT2D eigenvalue weighted by molar-refractivity contribution is 0.158. The molecule has 0 saturated carbocycles. The summed E-state index contributed by atoms with van der Waals surface area (Å²) in [6.07, 6.45) is 7.68. The molecule has 1 unspecified atom stereocenters. The van der Waals surface area contributed by atoms with Gasteiger partial charge in [-0.1, -0.05) is 35.0 Å². The molecule has 28 heavy (non-hydrogen) atoms. The fourth-order valence-electron chi connectivity index (χ4n) is 3.50. The van der Waals surface area contributed by atoms with E-state index in [-0.39, 0.29) is 12.6 Å². The van der Waals surface area contributed by atoms with E-state index in [4.69, 9.17) is 4.52 Å². The number of hydrogen-bond acceptors (Lipinski definition) is 5. The lowest BCUT2D eigenvalue weighted by Crippen LogP contribution is -2.46. The minimum Gasteiger partial charge on any atom is -0.337 e. The number of imidazole rings is 1. The summed E-state index contributed by atoms with van der Waals surface area (Å²) >= 11 is 0. The quantitative estimate of drug-likeness (QED) is 0.735. The van der Waals surface area contributed by atoms with Gasteiger partial charge in [0.05, 0.1) is 12.9 Å². The first-order valence-electron chi connectivity index (χ1n) is 9.55. The molecular formula is C20H24N6O2. The van der Waals surface area contributed by atoms with Crippen molar-refractivity contribution in [1.29, 1.82) is 0 Å². The Morgan fingerprint density at radius 3 is 2.96 bits per heavy atom. The highest BCUT2D eigenvalue weighted by atomic mass is 16.5. The van der Waals surface area contributed by atoms with Gasteiger partial charge in [-0.25, -0.2) is 9.78 Å². The van der Waals surface area contributed by atoms with Crippen LogP contribution >= 0.6 is 0 Å². The third-order valence-corrected chi connectivity index (χ3v) is 5.00. The van der Waals surface area contributed by atoms with Gasteiger partial charge in [0.25, 0.3) is 0 Å². The number of likely N-dealkylation sites (tertiary alicyclic amines) is 1. The van der Waals surface area contributed by atoms with Crippen molar-refractivity contribution < 1.29 is 9.32 Å². The van der Waals surface area contributed by atoms with E-state index in [1.54, 1.807) is 6.20 Å². The van der Waals surface area contributed by atoms with Crippen LogP contribution in [-0.2, 0) is 13.1 Å². The molecule has 0 bridgehead atoms. The van der Waals surface area contributed by atoms with Crippen LogP contribution in [0.2, 0.25) is 0 Å². The average Bonchev–Trinajstić information content (AvgIpc) is 3.39. The summed E-state index contributed by atoms with van der Waals surface area (Å²) in [5.41, 5.74) is 2.07. The van der Waals surface area contributed by atoms with E-state index in [1.807, 2.05) is 48.6 Å². The van der Waals surface area contributed by atoms with Crippen LogP contribution in [0.1, 0.15) is 24.3 Å². The summed E-state index contributed by atoms with van der Waals surface area (Å²) in [6, 6.07) is 7.83. The Morgan fingerprint density at radius 2 is 2.18 bits per heavy atom. The van der Waals surface area contributed by atoms with E-state index in [2.05, 4.69) is 25.0 Å². The summed E-state index contributed by atoms with van der Waals surface area (Å²) in [5, 5.41) is 6.89. The number of aromatic nitrogens is 4. The van der Waals surface area contributed by atoms with Crippen LogP contribution in [0, 0.1) is 12.8 Å². The monoisotopic (exact) mass is 380 g/mol. The Kier molecular flexibility index (Phi) is 5.36. The molecule has 1 N–H and O–H groups in total. The van der Waals surface area contributed by atoms with Crippen molar-refractivity contribution in [2.24, 2.45) is 5.92 Å². The van der Waals surface area contributed by atoms with Crippen molar-refractivity contribution in [3.63, 3.8) is 0 Å². The molecule has 8 heteroatoms. The van der Waals surface area contributed by atoms with Gasteiger partial charge in [-0.15, -0.1) is 0 Å². The van der Waals surface area contributed by atoms with E-state index in [1.165, 1.54) is 5.56 Å². The minimum atomic E-state index is -0.0922. The van der Waals surface area contributed by atoms with Crippen molar-refractivity contribution in [3.05, 3.63) is 54.4 Å². The van der Waals surface area contributed by atoms with E-state index in [0.717, 1.165) is 38.0 Å². The lowest BCUT2D eigenvalue weighted by atomic mass is 9.98. The van der Waals surface area contributed by atoms with Crippen molar-refractivity contribution in [3.8, 4) is 11.4 Å². The van der Waals surface area contributed by atoms with Crippen LogP contribution in [-0.4, -0.2) is 43.7 Å². The zero-order valence-corrected chi connectivity index (χ0v) is 15.9. The van der Waals surface area contributed by atoms with Gasteiger partial charge in [0.15, 0.2) is 0 Å². The molecule has 3 aromatic rings. The SMILES string of the molecule is Cc1ccc(-c2noc(CNC(=O)N3CCCC(Cn4ccnc4)C3)n2)cc1. The summed E-state index contributed by atoms with van der Waals surface area (Å²) in [5.74, 6) is 1.36. The fraction of sp³-hybridized carbons (Fsp3) is 0.400. The molecule has 146 valence electrons. The molecule has 0 spiro atoms. The number of amides is 2. The number of rotatable bonds is 5. The molecule has 1 fully saturated rings. The van der Waals surface area contributed by atoms with Crippen LogP contribution in [0.3, 0.4) is 0 Å². The standard InChI is InChI=1S/C20H24N6O2/c1-15-4-6-17(7-5-15)19-23-18(28-24-19)11-22-20(27)26-9-2-3-16(13-26)12-25-10-8-21-14-25/h4-8,10,14,16H,2-3,9,11-13H2,1H3,(H,22,27). The predicted octanol–water partition coefficient (Wildman–Crippen LogP) is 2.86. The highest BCUT2D eigenvalue weighted by molar-refractivity contribution is 5.74. The van der Waals surface area contributed by atoms with Crippen molar-refractivity contribution in [2.75, 3.05) is 13.1 Å². The number of benzene rings is 1. The molecule has 4 rings (SSSR count). The Bertz CT molecular complexity index is 903. The smallest absolute Gasteiger partial charge is 0.317 e. The van der Waals surface area contributed by atoms with Crippen LogP contribution in [0.15, 0.2) is 47.5 Å². The summed E-state index contributed by atoms with van der Waals surface area (Å²) in [7, 11) is 0. The Balaban J connectivity index is 1.30. The third kappa shape index (κ3) is 4.39. The Labute approximate surface area is 163 Å². The summed E-state index contributed by atoms with van der Waals surface area (Å²) < 4.78 is 7.34. The molecule has 1 atom stereocenters. The molecule has 2 aromatic heterocycles. The number of urea groups is 1. The number of carbonyl (C=O) groups is 1. The van der Waals surface area contributed by atoms with E-state index in [0.29, 0.717) is 17.6 Å². The van der Waals surface area contributed by atoms with Crippen LogP contribution < -0.4 is 5.32 Å². The van der Waals surface area contributed by atoms with Gasteiger partial charge >= 0.3 is 6.03 Å². The first-order chi connectivity index (χ1) is 13.7. The molecule has 8 nitrogen and oxygen atoms in total. The number of hydrogen-bond donors (Lipinski definition) is 1. The van der Waals surface area contributed by atoms with Gasteiger partial charge in [-0.05, 0) is 25.7 Å². The van der Waals surface area contributed by atoms with Gasteiger partial charge in [0, 0.05) is 37.6 Å². The summed E-state index contributed by atoms with van der Waals surface area (Å²) in [6.45, 7) is 4.64. The lowest BCUT2D eigenvalue weighted by Gasteiger charge is -2.32. The van der Waals surface area contributed by atoms with E-state index >= 15 is 0 Å². The Hall–Kier alpha value is -3.16. The first-order valence-corrected chi connectivity index (χ1v) is 9.55. The second-order valence-electron chi connectivity index (χ2n) is 7.25. The maximum Gasteiger partial charge on any atom is 0.317 e. The highest BCUT2D eigenvalue weighted by Gasteiger charge is 2.24. The highest BCUT2D eigenvalue weighted by Crippen LogP contribution is 2.19. The van der Waals surface area contributed by atoms with Crippen molar-refractivity contribution in [2.45, 2.75) is 32.9 Å². The minimum absolute atomic E-state index is 0.0922. The number of aryl methyl sites for hydroxylation is 1.